The quantitative estimate of drug-likeness (QED) is 0.484. The van der Waals surface area contributed by atoms with Crippen LogP contribution in [0.15, 0.2) is 48.5 Å². The van der Waals surface area contributed by atoms with Gasteiger partial charge in [0.1, 0.15) is 5.75 Å². The average Bonchev–Trinajstić information content (AvgIpc) is 2.73. The Kier molecular flexibility index (Phi) is 6.36. The Morgan fingerprint density at radius 2 is 1.39 bits per heavy atom. The predicted octanol–water partition coefficient (Wildman–Crippen LogP) is 5.04. The number of ether oxygens (including phenoxy) is 2. The maximum Gasteiger partial charge on any atom is 0.430 e. The summed E-state index contributed by atoms with van der Waals surface area (Å²) in [7, 11) is 1.28. The Balaban J connectivity index is 1.89. The first-order chi connectivity index (χ1) is 15.3. The third-order valence-electron chi connectivity index (χ3n) is 4.45. The molecule has 33 heavy (non-hydrogen) atoms. The van der Waals surface area contributed by atoms with Crippen LogP contribution < -0.4 is 14.8 Å². The molecule has 0 amide bonds. The van der Waals surface area contributed by atoms with Gasteiger partial charge in [-0.05, 0) is 30.7 Å². The summed E-state index contributed by atoms with van der Waals surface area (Å²) in [4.78, 5) is 11.9. The normalized spacial score (nSPS) is 12.4. The van der Waals surface area contributed by atoms with Crippen molar-refractivity contribution in [1.29, 1.82) is 0 Å². The molecule has 0 aliphatic heterocycles. The van der Waals surface area contributed by atoms with Crippen molar-refractivity contribution in [3.63, 3.8) is 0 Å². The Morgan fingerprint density at radius 3 is 1.94 bits per heavy atom. The topological polar surface area (TPSA) is 89.4 Å². The summed E-state index contributed by atoms with van der Waals surface area (Å²) in [6, 6.07) is 9.44. The fourth-order valence-corrected chi connectivity index (χ4v) is 2.71. The molecule has 0 bridgehead atoms. The molecule has 0 saturated carbocycles. The number of aliphatic hydroxyl groups is 1. The van der Waals surface area contributed by atoms with Gasteiger partial charge in [0.15, 0.2) is 0 Å². The van der Waals surface area contributed by atoms with Crippen LogP contribution in [0.25, 0.3) is 0 Å². The van der Waals surface area contributed by atoms with Crippen LogP contribution in [0.5, 0.6) is 17.8 Å². The lowest BCUT2D eigenvalue weighted by Gasteiger charge is -2.32. The van der Waals surface area contributed by atoms with Crippen molar-refractivity contribution >= 4 is 11.6 Å². The molecule has 0 aliphatic carbocycles. The lowest BCUT2D eigenvalue weighted by molar-refractivity contribution is -0.376. The molecule has 0 spiro atoms. The summed E-state index contributed by atoms with van der Waals surface area (Å²) >= 11 is 0. The van der Waals surface area contributed by atoms with Crippen molar-refractivity contribution in [2.75, 3.05) is 12.4 Å². The van der Waals surface area contributed by atoms with Crippen LogP contribution >= 0.6 is 0 Å². The van der Waals surface area contributed by atoms with Crippen molar-refractivity contribution in [2.24, 2.45) is 0 Å². The number of rotatable bonds is 6. The van der Waals surface area contributed by atoms with E-state index in [1.807, 2.05) is 0 Å². The summed E-state index contributed by atoms with van der Waals surface area (Å²) < 4.78 is 88.7. The van der Waals surface area contributed by atoms with Crippen LogP contribution in [0.1, 0.15) is 11.1 Å². The molecule has 3 rings (SSSR count). The third kappa shape index (κ3) is 4.92. The van der Waals surface area contributed by atoms with E-state index >= 15 is 0 Å². The molecule has 0 fully saturated rings. The van der Waals surface area contributed by atoms with E-state index < -0.39 is 23.5 Å². The number of benzene rings is 2. The van der Waals surface area contributed by atoms with Crippen molar-refractivity contribution in [3.05, 3.63) is 59.7 Å². The predicted molar refractivity (Wildman–Crippen MR) is 103 cm³/mol. The first-order valence-electron chi connectivity index (χ1n) is 9.12. The van der Waals surface area contributed by atoms with Gasteiger partial charge in [-0.1, -0.05) is 30.3 Å². The van der Waals surface area contributed by atoms with Crippen molar-refractivity contribution < 1.29 is 40.9 Å². The fraction of sp³-hybridized carbons (Fsp3) is 0.250. The number of nitrogens with zero attached hydrogens (tertiary/aromatic N) is 3. The van der Waals surface area contributed by atoms with Crippen LogP contribution in [-0.4, -0.2) is 39.5 Å². The standard InChI is InChI=1S/C20H16F6N4O3/c1-11-5-3-4-6-14(11)33-17-29-15(28-16(30-17)32-2)27-13-9-7-12(8-10-13)18(31,19(21,22)23)20(24,25)26/h3-10,31H,1-2H3,(H,27,28,29,30). The van der Waals surface area contributed by atoms with Crippen molar-refractivity contribution in [2.45, 2.75) is 24.9 Å². The Morgan fingerprint density at radius 1 is 0.818 bits per heavy atom. The van der Waals surface area contributed by atoms with E-state index in [9.17, 15) is 31.4 Å². The summed E-state index contributed by atoms with van der Waals surface area (Å²) in [6.45, 7) is 1.79. The maximum absolute atomic E-state index is 13.0. The minimum Gasteiger partial charge on any atom is -0.467 e. The number of methoxy groups -OCH3 is 1. The number of aromatic nitrogens is 3. The van der Waals surface area contributed by atoms with Gasteiger partial charge in [-0.2, -0.15) is 36.3 Å². The lowest BCUT2D eigenvalue weighted by Crippen LogP contribution is -2.53. The van der Waals surface area contributed by atoms with E-state index in [2.05, 4.69) is 20.3 Å². The zero-order valence-corrected chi connectivity index (χ0v) is 17.0. The van der Waals surface area contributed by atoms with Gasteiger partial charge in [0.25, 0.3) is 5.60 Å². The molecule has 2 aromatic carbocycles. The number of nitrogens with one attached hydrogen (secondary N) is 1. The number of anilines is 2. The zero-order chi connectivity index (χ0) is 24.4. The van der Waals surface area contributed by atoms with E-state index in [-0.39, 0.29) is 23.7 Å². The second-order valence-electron chi connectivity index (χ2n) is 6.70. The molecular weight excluding hydrogens is 458 g/mol. The van der Waals surface area contributed by atoms with Gasteiger partial charge in [-0.25, -0.2) is 0 Å². The van der Waals surface area contributed by atoms with Gasteiger partial charge < -0.3 is 19.9 Å². The molecule has 0 aliphatic rings. The number of hydrogen-bond donors (Lipinski definition) is 2. The molecule has 0 atom stereocenters. The second-order valence-corrected chi connectivity index (χ2v) is 6.70. The van der Waals surface area contributed by atoms with Gasteiger partial charge in [0, 0.05) is 11.3 Å². The molecule has 3 aromatic rings. The molecule has 13 heteroatoms. The van der Waals surface area contributed by atoms with Gasteiger partial charge in [0.05, 0.1) is 7.11 Å². The minimum atomic E-state index is -5.98. The Hall–Kier alpha value is -3.61. The highest BCUT2D eigenvalue weighted by molar-refractivity contribution is 5.54. The summed E-state index contributed by atoms with van der Waals surface area (Å²) in [5.41, 5.74) is -5.61. The largest absolute Gasteiger partial charge is 0.467 e. The number of hydrogen-bond acceptors (Lipinski definition) is 7. The Labute approximate surface area is 183 Å². The molecule has 2 N–H and O–H groups in total. The highest BCUT2D eigenvalue weighted by Crippen LogP contribution is 2.50. The molecule has 1 heterocycles. The molecule has 1 aromatic heterocycles. The van der Waals surface area contributed by atoms with Crippen LogP contribution in [0, 0.1) is 6.92 Å². The average molecular weight is 474 g/mol. The highest BCUT2D eigenvalue weighted by Gasteiger charge is 2.71. The third-order valence-corrected chi connectivity index (χ3v) is 4.45. The molecule has 0 radical (unpaired) electrons. The number of aryl methyl sites for hydroxylation is 1. The minimum absolute atomic E-state index is 0.0283. The van der Waals surface area contributed by atoms with E-state index in [0.29, 0.717) is 17.9 Å². The monoisotopic (exact) mass is 474 g/mol. The van der Waals surface area contributed by atoms with E-state index in [0.717, 1.165) is 17.7 Å². The maximum atomic E-state index is 13.0. The van der Waals surface area contributed by atoms with Crippen LogP contribution in [0.2, 0.25) is 0 Å². The lowest BCUT2D eigenvalue weighted by atomic mass is 9.92. The zero-order valence-electron chi connectivity index (χ0n) is 17.0. The molecule has 176 valence electrons. The second kappa shape index (κ2) is 8.73. The van der Waals surface area contributed by atoms with E-state index in [1.165, 1.54) is 7.11 Å². The van der Waals surface area contributed by atoms with E-state index in [1.54, 1.807) is 31.2 Å². The van der Waals surface area contributed by atoms with Crippen molar-refractivity contribution in [1.82, 2.24) is 15.0 Å². The molecule has 0 saturated heterocycles. The van der Waals surface area contributed by atoms with Gasteiger partial charge in [-0.15, -0.1) is 4.98 Å². The van der Waals surface area contributed by atoms with Crippen molar-refractivity contribution in [3.8, 4) is 17.8 Å². The molecule has 0 unspecified atom stereocenters. The van der Waals surface area contributed by atoms with E-state index in [4.69, 9.17) is 9.47 Å². The van der Waals surface area contributed by atoms with Gasteiger partial charge >= 0.3 is 24.4 Å². The Bertz CT molecular complexity index is 1110. The van der Waals surface area contributed by atoms with Crippen LogP contribution in [0.4, 0.5) is 38.0 Å². The number of alkyl halides is 6. The summed E-state index contributed by atoms with van der Waals surface area (Å²) in [5.74, 6) is 0.291. The smallest absolute Gasteiger partial charge is 0.430 e. The van der Waals surface area contributed by atoms with Crippen LogP contribution in [-0.2, 0) is 5.60 Å². The first-order valence-corrected chi connectivity index (χ1v) is 9.12. The number of para-hydroxylation sites is 1. The SMILES string of the molecule is COc1nc(Nc2ccc(C(O)(C(F)(F)F)C(F)(F)F)cc2)nc(Oc2ccccc2C)n1. The molecule has 7 nitrogen and oxygen atoms in total. The van der Waals surface area contributed by atoms with Gasteiger partial charge in [0.2, 0.25) is 5.95 Å². The fourth-order valence-electron chi connectivity index (χ4n) is 2.71. The summed E-state index contributed by atoms with van der Waals surface area (Å²) in [6.07, 6.45) is -12.0. The van der Waals surface area contributed by atoms with Gasteiger partial charge in [-0.3, -0.25) is 0 Å². The first kappa shape index (κ1) is 24.0. The highest BCUT2D eigenvalue weighted by atomic mass is 19.4. The molecular formula is C20H16F6N4O3. The van der Waals surface area contributed by atoms with Crippen LogP contribution in [0.3, 0.4) is 0 Å². The number of halogens is 6. The summed E-state index contributed by atoms with van der Waals surface area (Å²) in [5, 5.41) is 12.1.